The number of ether oxygens (including phenoxy) is 3. The number of carboxylic acids is 1. The summed E-state index contributed by atoms with van der Waals surface area (Å²) >= 11 is 1.03. The standard InChI is InChI=1S/C33H36N2O6S.Na/c1-18(2)39-28-15-22(16-29(40-19(3)4)32(28)41-20(5)6)14-25(31(36)23-10-8-21(7)9-11-23)30(33(37)38)24-12-13-26-27(17-24)35-42-34-26;/h8-13,15-20H,14H2,1-7H3,(H,37,38);/q;+1/p-1. The van der Waals surface area contributed by atoms with Gasteiger partial charge in [-0.1, -0.05) is 35.9 Å². The third kappa shape index (κ3) is 8.66. The first-order valence-corrected chi connectivity index (χ1v) is 14.6. The number of fused-ring (bicyclic) bond motifs is 1. The van der Waals surface area contributed by atoms with Gasteiger partial charge in [-0.2, -0.15) is 8.75 Å². The quantitative estimate of drug-likeness (QED) is 0.137. The number of rotatable bonds is 12. The maximum Gasteiger partial charge on any atom is 1.00 e. The summed E-state index contributed by atoms with van der Waals surface area (Å²) in [5, 5.41) is 12.8. The molecule has 4 aromatic rings. The number of hydrogen-bond donors (Lipinski definition) is 0. The van der Waals surface area contributed by atoms with Gasteiger partial charge in [0.2, 0.25) is 5.75 Å². The maximum absolute atomic E-state index is 14.1. The monoisotopic (exact) mass is 610 g/mol. The van der Waals surface area contributed by atoms with Crippen LogP contribution in [0.1, 0.15) is 68.6 Å². The predicted octanol–water partition coefficient (Wildman–Crippen LogP) is 2.99. The molecule has 10 heteroatoms. The number of aromatic nitrogens is 2. The van der Waals surface area contributed by atoms with Crippen LogP contribution in [0.15, 0.2) is 60.2 Å². The zero-order valence-electron chi connectivity index (χ0n) is 25.9. The predicted molar refractivity (Wildman–Crippen MR) is 162 cm³/mol. The second-order valence-electron chi connectivity index (χ2n) is 10.9. The van der Waals surface area contributed by atoms with Crippen molar-refractivity contribution in [2.45, 2.75) is 73.2 Å². The van der Waals surface area contributed by atoms with Crippen LogP contribution in [0.5, 0.6) is 17.2 Å². The van der Waals surface area contributed by atoms with Gasteiger partial charge >= 0.3 is 29.6 Å². The molecule has 0 aliphatic rings. The van der Waals surface area contributed by atoms with Crippen LogP contribution in [0.3, 0.4) is 0 Å². The summed E-state index contributed by atoms with van der Waals surface area (Å²) in [5.74, 6) is -0.554. The Hall–Kier alpha value is -3.24. The molecule has 8 nitrogen and oxygen atoms in total. The Morgan fingerprint density at radius 3 is 1.84 bits per heavy atom. The van der Waals surface area contributed by atoms with Crippen molar-refractivity contribution in [2.75, 3.05) is 0 Å². The Morgan fingerprint density at radius 1 is 0.767 bits per heavy atom. The summed E-state index contributed by atoms with van der Waals surface area (Å²) < 4.78 is 26.8. The zero-order valence-corrected chi connectivity index (χ0v) is 28.7. The van der Waals surface area contributed by atoms with E-state index in [9.17, 15) is 14.7 Å². The van der Waals surface area contributed by atoms with Crippen LogP contribution in [0.2, 0.25) is 0 Å². The normalized spacial score (nSPS) is 11.9. The molecule has 0 saturated heterocycles. The number of carbonyl (C=O) groups is 2. The minimum atomic E-state index is -1.47. The van der Waals surface area contributed by atoms with E-state index >= 15 is 0 Å². The maximum atomic E-state index is 14.1. The third-order valence-corrected chi connectivity index (χ3v) is 6.73. The zero-order chi connectivity index (χ0) is 30.6. The van der Waals surface area contributed by atoms with E-state index < -0.39 is 11.8 Å². The number of carbonyl (C=O) groups excluding carboxylic acids is 2. The van der Waals surface area contributed by atoms with Crippen molar-refractivity contribution in [2.24, 2.45) is 0 Å². The molecule has 43 heavy (non-hydrogen) atoms. The molecule has 0 unspecified atom stereocenters. The molecule has 0 amide bonds. The molecule has 0 saturated carbocycles. The van der Waals surface area contributed by atoms with Gasteiger partial charge in [0.05, 0.1) is 36.0 Å². The molecule has 0 aliphatic carbocycles. The van der Waals surface area contributed by atoms with E-state index in [1.807, 2.05) is 60.6 Å². The summed E-state index contributed by atoms with van der Waals surface area (Å²) in [5.41, 5.74) is 3.29. The molecule has 1 aromatic heterocycles. The van der Waals surface area contributed by atoms with E-state index in [2.05, 4.69) is 8.75 Å². The summed E-state index contributed by atoms with van der Waals surface area (Å²) in [7, 11) is 0. The molecule has 0 atom stereocenters. The van der Waals surface area contributed by atoms with Crippen LogP contribution in [0.4, 0.5) is 0 Å². The van der Waals surface area contributed by atoms with E-state index in [1.165, 1.54) is 0 Å². The van der Waals surface area contributed by atoms with E-state index in [1.54, 1.807) is 42.5 Å². The average molecular weight is 611 g/mol. The minimum Gasteiger partial charge on any atom is -0.545 e. The Bertz CT molecular complexity index is 1600. The summed E-state index contributed by atoms with van der Waals surface area (Å²) in [6.07, 6.45) is -0.543. The largest absolute Gasteiger partial charge is 1.00 e. The van der Waals surface area contributed by atoms with Crippen LogP contribution in [-0.4, -0.2) is 38.8 Å². The SMILES string of the molecule is Cc1ccc(C(=O)C(Cc2cc(OC(C)C)c(OC(C)C)c(OC(C)C)c2)=C(C(=O)[O-])c2ccc3nsnc3c2)cc1.[Na+]. The Labute approximate surface area is 278 Å². The number of aryl methyl sites for hydroxylation is 1. The smallest absolute Gasteiger partial charge is 0.545 e. The van der Waals surface area contributed by atoms with Crippen molar-refractivity contribution in [1.29, 1.82) is 0 Å². The first-order chi connectivity index (χ1) is 19.9. The Kier molecular flexibility index (Phi) is 11.9. The molecule has 0 aliphatic heterocycles. The molecule has 0 N–H and O–H groups in total. The number of Topliss-reactive ketones (excluding diaryl/α,β-unsaturated/α-hetero) is 1. The molecule has 0 bridgehead atoms. The molecule has 3 aromatic carbocycles. The molecule has 1 heterocycles. The first-order valence-electron chi connectivity index (χ1n) is 13.9. The fraction of sp³-hybridized carbons (Fsp3) is 0.333. The van der Waals surface area contributed by atoms with Crippen molar-refractivity contribution in [3.05, 3.63) is 82.4 Å². The van der Waals surface area contributed by atoms with Crippen molar-refractivity contribution in [3.8, 4) is 17.2 Å². The van der Waals surface area contributed by atoms with Crippen LogP contribution in [0, 0.1) is 6.92 Å². The van der Waals surface area contributed by atoms with Gasteiger partial charge in [0.15, 0.2) is 17.3 Å². The van der Waals surface area contributed by atoms with Crippen molar-refractivity contribution < 1.29 is 58.5 Å². The van der Waals surface area contributed by atoms with Crippen LogP contribution in [-0.2, 0) is 11.2 Å². The van der Waals surface area contributed by atoms with Crippen LogP contribution >= 0.6 is 11.7 Å². The van der Waals surface area contributed by atoms with Crippen LogP contribution in [0.25, 0.3) is 16.6 Å². The summed E-state index contributed by atoms with van der Waals surface area (Å²) in [4.78, 5) is 26.8. The fourth-order valence-electron chi connectivity index (χ4n) is 4.49. The minimum absolute atomic E-state index is 0. The number of allylic oxidation sites excluding steroid dienone is 1. The van der Waals surface area contributed by atoms with E-state index in [-0.39, 0.29) is 65.4 Å². The van der Waals surface area contributed by atoms with Gasteiger partial charge in [-0.15, -0.1) is 0 Å². The molecule has 0 radical (unpaired) electrons. The van der Waals surface area contributed by atoms with Gasteiger partial charge in [-0.3, -0.25) is 4.79 Å². The van der Waals surface area contributed by atoms with Crippen molar-refractivity contribution in [1.82, 2.24) is 8.75 Å². The molecule has 0 spiro atoms. The number of carboxylic acid groups (broad SMARTS) is 1. The van der Waals surface area contributed by atoms with Gasteiger partial charge in [0, 0.05) is 23.1 Å². The van der Waals surface area contributed by atoms with Crippen LogP contribution < -0.4 is 48.9 Å². The van der Waals surface area contributed by atoms with Gasteiger partial charge in [0.25, 0.3) is 0 Å². The number of ketones is 1. The average Bonchev–Trinajstić information content (AvgIpc) is 3.37. The number of hydrogen-bond acceptors (Lipinski definition) is 9. The summed E-state index contributed by atoms with van der Waals surface area (Å²) in [6.45, 7) is 13.3. The van der Waals surface area contributed by atoms with Crippen molar-refractivity contribution >= 4 is 40.1 Å². The van der Waals surface area contributed by atoms with Gasteiger partial charge in [0.1, 0.15) is 11.0 Å². The van der Waals surface area contributed by atoms with Gasteiger partial charge < -0.3 is 24.1 Å². The summed E-state index contributed by atoms with van der Waals surface area (Å²) in [6, 6.07) is 15.5. The van der Waals surface area contributed by atoms with E-state index in [0.29, 0.717) is 45.0 Å². The second-order valence-corrected chi connectivity index (χ2v) is 11.4. The third-order valence-electron chi connectivity index (χ3n) is 6.18. The molecular formula is C33H35N2NaO6S. The number of nitrogens with zero attached hydrogens (tertiary/aromatic N) is 2. The Balaban J connectivity index is 0.00000506. The van der Waals surface area contributed by atoms with E-state index in [0.717, 1.165) is 17.3 Å². The molecular weight excluding hydrogens is 575 g/mol. The molecule has 0 fully saturated rings. The first kappa shape index (κ1) is 34.3. The van der Waals surface area contributed by atoms with Crippen molar-refractivity contribution in [3.63, 3.8) is 0 Å². The molecule has 220 valence electrons. The second kappa shape index (κ2) is 15.0. The topological polar surface area (TPSA) is 111 Å². The number of benzene rings is 3. The Morgan fingerprint density at radius 2 is 1.30 bits per heavy atom. The van der Waals surface area contributed by atoms with E-state index in [4.69, 9.17) is 14.2 Å². The van der Waals surface area contributed by atoms with Gasteiger partial charge in [-0.25, -0.2) is 0 Å². The number of aliphatic carboxylic acids is 1. The van der Waals surface area contributed by atoms with Gasteiger partial charge in [-0.05, 0) is 83.9 Å². The fourth-order valence-corrected chi connectivity index (χ4v) is 5.00. The molecule has 4 rings (SSSR count).